The Hall–Kier alpha value is -2.91. The number of halogens is 2. The quantitative estimate of drug-likeness (QED) is 0.661. The first-order chi connectivity index (χ1) is 14.1. The van der Waals surface area contributed by atoms with E-state index >= 15 is 0 Å². The molecule has 2 aromatic heterocycles. The number of hydrogen-bond donors (Lipinski definition) is 2. The van der Waals surface area contributed by atoms with E-state index in [0.717, 1.165) is 49.4 Å². The molecule has 1 saturated heterocycles. The first-order valence-electron chi connectivity index (χ1n) is 9.14. The molecule has 1 fully saturated rings. The van der Waals surface area contributed by atoms with Gasteiger partial charge in [0.1, 0.15) is 39.9 Å². The smallest absolute Gasteiger partial charge is 0.275 e. The van der Waals surface area contributed by atoms with Gasteiger partial charge in [0, 0.05) is 24.2 Å². The van der Waals surface area contributed by atoms with Gasteiger partial charge in [0.15, 0.2) is 0 Å². The molecule has 1 atom stereocenters. The number of ether oxygens (including phenoxy) is 1. The summed E-state index contributed by atoms with van der Waals surface area (Å²) in [7, 11) is 0. The maximum atomic E-state index is 14.0. The van der Waals surface area contributed by atoms with E-state index in [9.17, 15) is 13.6 Å². The summed E-state index contributed by atoms with van der Waals surface area (Å²) in [6, 6.07) is 5.27. The minimum atomic E-state index is -0.727. The van der Waals surface area contributed by atoms with Crippen molar-refractivity contribution in [3.05, 3.63) is 59.4 Å². The van der Waals surface area contributed by atoms with E-state index in [2.05, 4.69) is 20.6 Å². The number of carbonyl (C=O) groups excluding carboxylic acids is 1. The number of amides is 1. The largest absolute Gasteiger partial charge is 0.487 e. The molecule has 0 saturated carbocycles. The fourth-order valence-corrected chi connectivity index (χ4v) is 3.91. The highest BCUT2D eigenvalue weighted by molar-refractivity contribution is 7.13. The van der Waals surface area contributed by atoms with Gasteiger partial charge >= 0.3 is 0 Å². The molecule has 6 nitrogen and oxygen atoms in total. The van der Waals surface area contributed by atoms with Crippen LogP contribution in [0, 0.1) is 11.6 Å². The van der Waals surface area contributed by atoms with Gasteiger partial charge in [-0.3, -0.25) is 9.78 Å². The third-order valence-electron chi connectivity index (χ3n) is 4.49. The van der Waals surface area contributed by atoms with Crippen LogP contribution in [0.15, 0.2) is 42.0 Å². The number of pyridine rings is 1. The lowest BCUT2D eigenvalue weighted by Gasteiger charge is -2.24. The Kier molecular flexibility index (Phi) is 5.77. The molecular weight excluding hydrogens is 398 g/mol. The van der Waals surface area contributed by atoms with E-state index in [-0.39, 0.29) is 22.4 Å². The molecule has 1 aliphatic heterocycles. The minimum absolute atomic E-state index is 0.0108. The van der Waals surface area contributed by atoms with Crippen LogP contribution in [0.1, 0.15) is 23.3 Å². The number of carbonyl (C=O) groups is 1. The summed E-state index contributed by atoms with van der Waals surface area (Å²) in [6.45, 7) is 1.70. The summed E-state index contributed by atoms with van der Waals surface area (Å²) in [6.07, 6.45) is 5.03. The highest BCUT2D eigenvalue weighted by Gasteiger charge is 2.20. The molecule has 3 heterocycles. The van der Waals surface area contributed by atoms with Crippen molar-refractivity contribution in [2.24, 2.45) is 0 Å². The minimum Gasteiger partial charge on any atom is -0.487 e. The van der Waals surface area contributed by atoms with Crippen molar-refractivity contribution < 1.29 is 18.3 Å². The zero-order valence-corrected chi connectivity index (χ0v) is 16.1. The highest BCUT2D eigenvalue weighted by Crippen LogP contribution is 2.30. The number of thiazole rings is 1. The number of nitrogens with zero attached hydrogens (tertiary/aromatic N) is 2. The van der Waals surface area contributed by atoms with E-state index < -0.39 is 17.5 Å². The number of hydrogen-bond acceptors (Lipinski definition) is 6. The van der Waals surface area contributed by atoms with Gasteiger partial charge < -0.3 is 15.4 Å². The molecule has 29 heavy (non-hydrogen) atoms. The summed E-state index contributed by atoms with van der Waals surface area (Å²) >= 11 is 0.995. The third kappa shape index (κ3) is 4.41. The number of rotatable bonds is 5. The van der Waals surface area contributed by atoms with E-state index in [4.69, 9.17) is 4.74 Å². The number of aromatic nitrogens is 2. The van der Waals surface area contributed by atoms with Gasteiger partial charge in [-0.05, 0) is 31.5 Å². The van der Waals surface area contributed by atoms with Crippen LogP contribution in [-0.2, 0) is 0 Å². The van der Waals surface area contributed by atoms with E-state index in [1.54, 1.807) is 12.3 Å². The van der Waals surface area contributed by atoms with Crippen molar-refractivity contribution in [3.8, 4) is 16.3 Å². The molecule has 4 rings (SSSR count). The summed E-state index contributed by atoms with van der Waals surface area (Å²) in [4.78, 5) is 20.8. The normalized spacial score (nSPS) is 16.4. The van der Waals surface area contributed by atoms with Crippen LogP contribution in [0.3, 0.4) is 0 Å². The summed E-state index contributed by atoms with van der Waals surface area (Å²) in [5, 5.41) is 7.55. The van der Waals surface area contributed by atoms with E-state index in [1.807, 2.05) is 0 Å². The fraction of sp³-hybridized carbons (Fsp3) is 0.250. The molecule has 0 radical (unpaired) electrons. The van der Waals surface area contributed by atoms with Crippen molar-refractivity contribution >= 4 is 22.9 Å². The van der Waals surface area contributed by atoms with Crippen molar-refractivity contribution in [2.75, 3.05) is 18.4 Å². The van der Waals surface area contributed by atoms with Crippen molar-refractivity contribution in [1.29, 1.82) is 0 Å². The summed E-state index contributed by atoms with van der Waals surface area (Å²) in [5.41, 5.74) is 0.225. The zero-order valence-electron chi connectivity index (χ0n) is 15.3. The van der Waals surface area contributed by atoms with Crippen LogP contribution < -0.4 is 15.4 Å². The van der Waals surface area contributed by atoms with Gasteiger partial charge in [-0.15, -0.1) is 11.3 Å². The Morgan fingerprint density at radius 1 is 1.28 bits per heavy atom. The molecule has 0 spiro atoms. The SMILES string of the molecule is O=C(Nc1cnccc1O[C@H]1CCCNC1)c1csc(-c2c(F)cccc2F)n1. The number of piperidine rings is 1. The molecule has 0 unspecified atom stereocenters. The maximum absolute atomic E-state index is 14.0. The van der Waals surface area contributed by atoms with Gasteiger partial charge in [-0.2, -0.15) is 0 Å². The van der Waals surface area contributed by atoms with Gasteiger partial charge in [0.05, 0.1) is 11.8 Å². The Morgan fingerprint density at radius 2 is 2.10 bits per heavy atom. The second-order valence-electron chi connectivity index (χ2n) is 6.55. The standard InChI is InChI=1S/C20H18F2N4O2S/c21-13-4-1-5-14(22)18(13)20-26-16(11-29-20)19(27)25-15-10-24-8-6-17(15)28-12-3-2-7-23-9-12/h1,4-6,8,10-12,23H,2-3,7,9H2,(H,25,27)/t12-/m0/s1. The third-order valence-corrected chi connectivity index (χ3v) is 5.35. The second-order valence-corrected chi connectivity index (χ2v) is 7.40. The molecule has 0 bridgehead atoms. The lowest BCUT2D eigenvalue weighted by atomic mass is 10.1. The number of anilines is 1. The average molecular weight is 416 g/mol. The average Bonchev–Trinajstić information content (AvgIpc) is 3.20. The Morgan fingerprint density at radius 3 is 2.86 bits per heavy atom. The lowest BCUT2D eigenvalue weighted by Crippen LogP contribution is -2.37. The van der Waals surface area contributed by atoms with Crippen LogP contribution in [0.5, 0.6) is 5.75 Å². The van der Waals surface area contributed by atoms with Crippen molar-refractivity contribution in [1.82, 2.24) is 15.3 Å². The highest BCUT2D eigenvalue weighted by atomic mass is 32.1. The number of nitrogens with one attached hydrogen (secondary N) is 2. The van der Waals surface area contributed by atoms with Crippen LogP contribution in [0.2, 0.25) is 0 Å². The first kappa shape index (κ1) is 19.4. The van der Waals surface area contributed by atoms with Gasteiger partial charge in [0.2, 0.25) is 0 Å². The molecule has 150 valence electrons. The van der Waals surface area contributed by atoms with Gasteiger partial charge in [-0.25, -0.2) is 13.8 Å². The summed E-state index contributed by atoms with van der Waals surface area (Å²) in [5.74, 6) is -1.45. The van der Waals surface area contributed by atoms with Crippen molar-refractivity contribution in [2.45, 2.75) is 18.9 Å². The predicted octanol–water partition coefficient (Wildman–Crippen LogP) is 3.87. The molecule has 0 aliphatic carbocycles. The molecule has 1 aliphatic rings. The van der Waals surface area contributed by atoms with Crippen LogP contribution in [-0.4, -0.2) is 35.1 Å². The number of benzene rings is 1. The fourth-order valence-electron chi connectivity index (χ4n) is 3.06. The topological polar surface area (TPSA) is 76.1 Å². The monoisotopic (exact) mass is 416 g/mol. The lowest BCUT2D eigenvalue weighted by molar-refractivity contribution is 0.102. The molecule has 2 N–H and O–H groups in total. The Balaban J connectivity index is 1.51. The Labute approximate surface area is 170 Å². The van der Waals surface area contributed by atoms with E-state index in [1.165, 1.54) is 17.6 Å². The summed E-state index contributed by atoms with van der Waals surface area (Å²) < 4.78 is 33.9. The zero-order chi connectivity index (χ0) is 20.2. The molecule has 9 heteroatoms. The molecule has 3 aromatic rings. The van der Waals surface area contributed by atoms with Gasteiger partial charge in [-0.1, -0.05) is 6.07 Å². The van der Waals surface area contributed by atoms with Crippen LogP contribution in [0.25, 0.3) is 10.6 Å². The second kappa shape index (κ2) is 8.62. The van der Waals surface area contributed by atoms with E-state index in [0.29, 0.717) is 11.4 Å². The molecular formula is C20H18F2N4O2S. The molecule has 1 aromatic carbocycles. The molecule has 1 amide bonds. The van der Waals surface area contributed by atoms with Crippen LogP contribution in [0.4, 0.5) is 14.5 Å². The first-order valence-corrected chi connectivity index (χ1v) is 10.0. The Bertz CT molecular complexity index is 1000. The van der Waals surface area contributed by atoms with Gasteiger partial charge in [0.25, 0.3) is 5.91 Å². The van der Waals surface area contributed by atoms with Crippen LogP contribution >= 0.6 is 11.3 Å². The maximum Gasteiger partial charge on any atom is 0.275 e. The van der Waals surface area contributed by atoms with Crippen molar-refractivity contribution in [3.63, 3.8) is 0 Å². The predicted molar refractivity (Wildman–Crippen MR) is 106 cm³/mol.